The standard InChI is InChI=1S/C20H31FN4O2.HI/c1-5-22-20(24-17-10-11-25(13-17)19(26)14(2)3)23-12-15(4)27-18-8-6-16(21)7-9-18;/h6-9,14-15,17H,5,10-13H2,1-4H3,(H2,22,23,24);1H. The van der Waals surface area contributed by atoms with E-state index in [1.807, 2.05) is 32.6 Å². The van der Waals surface area contributed by atoms with Crippen LogP contribution in [-0.4, -0.2) is 55.1 Å². The van der Waals surface area contributed by atoms with Crippen molar-refractivity contribution in [2.75, 3.05) is 26.2 Å². The first-order valence-corrected chi connectivity index (χ1v) is 9.65. The SMILES string of the molecule is CCNC(=NCC(C)Oc1ccc(F)cc1)NC1CCN(C(=O)C(C)C)C1.I. The lowest BCUT2D eigenvalue weighted by Gasteiger charge is -2.21. The van der Waals surface area contributed by atoms with Crippen LogP contribution in [0.15, 0.2) is 29.3 Å². The summed E-state index contributed by atoms with van der Waals surface area (Å²) < 4.78 is 18.7. The van der Waals surface area contributed by atoms with Crippen LogP contribution >= 0.6 is 24.0 Å². The normalized spacial score (nSPS) is 17.9. The van der Waals surface area contributed by atoms with Gasteiger partial charge >= 0.3 is 0 Å². The Morgan fingerprint density at radius 3 is 2.61 bits per heavy atom. The zero-order valence-electron chi connectivity index (χ0n) is 17.1. The molecule has 1 aromatic carbocycles. The van der Waals surface area contributed by atoms with E-state index in [0.29, 0.717) is 18.8 Å². The van der Waals surface area contributed by atoms with Crippen molar-refractivity contribution in [3.8, 4) is 5.75 Å². The van der Waals surface area contributed by atoms with Crippen molar-refractivity contribution in [1.29, 1.82) is 0 Å². The maximum Gasteiger partial charge on any atom is 0.225 e. The lowest BCUT2D eigenvalue weighted by atomic mass is 10.2. The van der Waals surface area contributed by atoms with Crippen molar-refractivity contribution in [3.63, 3.8) is 0 Å². The monoisotopic (exact) mass is 506 g/mol. The number of hydrogen-bond acceptors (Lipinski definition) is 3. The quantitative estimate of drug-likeness (QED) is 0.339. The van der Waals surface area contributed by atoms with Crippen LogP contribution in [0.5, 0.6) is 5.75 Å². The number of aliphatic imine (C=N–C) groups is 1. The molecule has 1 aromatic rings. The number of guanidine groups is 1. The number of nitrogens with one attached hydrogen (secondary N) is 2. The van der Waals surface area contributed by atoms with E-state index in [-0.39, 0.29) is 53.8 Å². The summed E-state index contributed by atoms with van der Waals surface area (Å²) in [4.78, 5) is 18.6. The summed E-state index contributed by atoms with van der Waals surface area (Å²) in [6.07, 6.45) is 0.762. The predicted octanol–water partition coefficient (Wildman–Crippen LogP) is 3.02. The fraction of sp³-hybridized carbons (Fsp3) is 0.600. The van der Waals surface area contributed by atoms with Gasteiger partial charge < -0.3 is 20.3 Å². The molecule has 28 heavy (non-hydrogen) atoms. The second kappa shape index (κ2) is 12.1. The first-order chi connectivity index (χ1) is 12.9. The third-order valence-corrected chi connectivity index (χ3v) is 4.34. The Morgan fingerprint density at radius 2 is 2.00 bits per heavy atom. The highest BCUT2D eigenvalue weighted by molar-refractivity contribution is 14.0. The molecule has 2 rings (SSSR count). The van der Waals surface area contributed by atoms with E-state index in [2.05, 4.69) is 15.6 Å². The van der Waals surface area contributed by atoms with Crippen molar-refractivity contribution in [1.82, 2.24) is 15.5 Å². The number of rotatable bonds is 7. The maximum atomic E-state index is 13.0. The summed E-state index contributed by atoms with van der Waals surface area (Å²) >= 11 is 0. The minimum Gasteiger partial charge on any atom is -0.489 e. The summed E-state index contributed by atoms with van der Waals surface area (Å²) in [5.41, 5.74) is 0. The van der Waals surface area contributed by atoms with E-state index in [9.17, 15) is 9.18 Å². The number of hydrogen-bond donors (Lipinski definition) is 2. The fourth-order valence-corrected chi connectivity index (χ4v) is 2.96. The van der Waals surface area contributed by atoms with E-state index in [4.69, 9.17) is 4.74 Å². The minimum absolute atomic E-state index is 0. The Hall–Kier alpha value is -1.58. The molecule has 2 atom stereocenters. The van der Waals surface area contributed by atoms with Gasteiger partial charge in [0.05, 0.1) is 6.54 Å². The Morgan fingerprint density at radius 1 is 1.32 bits per heavy atom. The Balaban J connectivity index is 0.00000392. The molecule has 1 aliphatic rings. The zero-order chi connectivity index (χ0) is 19.8. The predicted molar refractivity (Wildman–Crippen MR) is 121 cm³/mol. The topological polar surface area (TPSA) is 66.0 Å². The van der Waals surface area contributed by atoms with Crippen molar-refractivity contribution < 1.29 is 13.9 Å². The van der Waals surface area contributed by atoms with Crippen LogP contribution < -0.4 is 15.4 Å². The molecule has 1 heterocycles. The van der Waals surface area contributed by atoms with Crippen LogP contribution in [0.4, 0.5) is 4.39 Å². The molecule has 158 valence electrons. The van der Waals surface area contributed by atoms with E-state index in [0.717, 1.165) is 25.5 Å². The number of amides is 1. The molecule has 2 unspecified atom stereocenters. The number of carbonyl (C=O) groups is 1. The molecule has 6 nitrogen and oxygen atoms in total. The van der Waals surface area contributed by atoms with Gasteiger partial charge in [-0.25, -0.2) is 9.38 Å². The largest absolute Gasteiger partial charge is 0.489 e. The summed E-state index contributed by atoms with van der Waals surface area (Å²) in [5.74, 6) is 1.28. The third kappa shape index (κ3) is 7.81. The van der Waals surface area contributed by atoms with Crippen LogP contribution in [-0.2, 0) is 4.79 Å². The molecule has 0 spiro atoms. The van der Waals surface area contributed by atoms with E-state index in [1.165, 1.54) is 12.1 Å². The molecule has 8 heteroatoms. The van der Waals surface area contributed by atoms with Crippen molar-refractivity contribution in [2.24, 2.45) is 10.9 Å². The average Bonchev–Trinajstić information content (AvgIpc) is 3.09. The van der Waals surface area contributed by atoms with Crippen LogP contribution in [0.3, 0.4) is 0 Å². The molecule has 0 aromatic heterocycles. The van der Waals surface area contributed by atoms with Gasteiger partial charge in [-0.3, -0.25) is 4.79 Å². The number of halogens is 2. The van der Waals surface area contributed by atoms with Gasteiger partial charge in [0, 0.05) is 31.6 Å². The van der Waals surface area contributed by atoms with E-state index < -0.39 is 0 Å². The Bertz CT molecular complexity index is 640. The van der Waals surface area contributed by atoms with Crippen molar-refractivity contribution in [3.05, 3.63) is 30.1 Å². The molecule has 0 aliphatic carbocycles. The number of benzene rings is 1. The molecule has 0 radical (unpaired) electrons. The van der Waals surface area contributed by atoms with Gasteiger partial charge in [-0.05, 0) is 44.5 Å². The number of nitrogens with zero attached hydrogens (tertiary/aromatic N) is 2. The van der Waals surface area contributed by atoms with Gasteiger partial charge in [-0.15, -0.1) is 24.0 Å². The van der Waals surface area contributed by atoms with Crippen LogP contribution in [0, 0.1) is 11.7 Å². The summed E-state index contributed by atoms with van der Waals surface area (Å²) in [5, 5.41) is 6.64. The van der Waals surface area contributed by atoms with Crippen LogP contribution in [0.1, 0.15) is 34.1 Å². The zero-order valence-corrected chi connectivity index (χ0v) is 19.4. The molecule has 0 saturated carbocycles. The lowest BCUT2D eigenvalue weighted by Crippen LogP contribution is -2.45. The molecule has 1 aliphatic heterocycles. The summed E-state index contributed by atoms with van der Waals surface area (Å²) in [6.45, 7) is 10.5. The average molecular weight is 506 g/mol. The fourth-order valence-electron chi connectivity index (χ4n) is 2.96. The molecule has 1 saturated heterocycles. The highest BCUT2D eigenvalue weighted by Crippen LogP contribution is 2.14. The van der Waals surface area contributed by atoms with E-state index >= 15 is 0 Å². The lowest BCUT2D eigenvalue weighted by molar-refractivity contribution is -0.133. The smallest absolute Gasteiger partial charge is 0.225 e. The summed E-state index contributed by atoms with van der Waals surface area (Å²) in [7, 11) is 0. The van der Waals surface area contributed by atoms with E-state index in [1.54, 1.807) is 12.1 Å². The first-order valence-electron chi connectivity index (χ1n) is 9.65. The van der Waals surface area contributed by atoms with Gasteiger partial charge in [0.2, 0.25) is 5.91 Å². The second-order valence-electron chi connectivity index (χ2n) is 7.17. The van der Waals surface area contributed by atoms with Gasteiger partial charge in [0.15, 0.2) is 5.96 Å². The van der Waals surface area contributed by atoms with Gasteiger partial charge in [-0.1, -0.05) is 13.8 Å². The molecule has 1 fully saturated rings. The highest BCUT2D eigenvalue weighted by atomic mass is 127. The van der Waals surface area contributed by atoms with Crippen molar-refractivity contribution >= 4 is 35.8 Å². The minimum atomic E-state index is -0.284. The first kappa shape index (κ1) is 24.5. The molecular formula is C20H32FIN4O2. The highest BCUT2D eigenvalue weighted by Gasteiger charge is 2.27. The second-order valence-corrected chi connectivity index (χ2v) is 7.17. The molecule has 0 bridgehead atoms. The van der Waals surface area contributed by atoms with Gasteiger partial charge in [0.1, 0.15) is 17.7 Å². The molecule has 1 amide bonds. The van der Waals surface area contributed by atoms with Crippen LogP contribution in [0.2, 0.25) is 0 Å². The van der Waals surface area contributed by atoms with Gasteiger partial charge in [-0.2, -0.15) is 0 Å². The Kier molecular flexibility index (Phi) is 10.6. The number of carbonyl (C=O) groups excluding carboxylic acids is 1. The van der Waals surface area contributed by atoms with Crippen LogP contribution in [0.25, 0.3) is 0 Å². The molecule has 2 N–H and O–H groups in total. The Labute approximate surface area is 184 Å². The maximum absolute atomic E-state index is 13.0. The number of likely N-dealkylation sites (tertiary alicyclic amines) is 1. The third-order valence-electron chi connectivity index (χ3n) is 4.34. The molecular weight excluding hydrogens is 474 g/mol. The van der Waals surface area contributed by atoms with Crippen molar-refractivity contribution in [2.45, 2.75) is 46.3 Å². The summed E-state index contributed by atoms with van der Waals surface area (Å²) in [6, 6.07) is 6.16. The van der Waals surface area contributed by atoms with Gasteiger partial charge in [0.25, 0.3) is 0 Å². The number of ether oxygens (including phenoxy) is 1.